The quantitative estimate of drug-likeness (QED) is 0.149. The first kappa shape index (κ1) is 45.8. The predicted octanol–water partition coefficient (Wildman–Crippen LogP) is 13.5. The van der Waals surface area contributed by atoms with E-state index in [1.807, 2.05) is 0 Å². The summed E-state index contributed by atoms with van der Waals surface area (Å²) in [4.78, 5) is 48.9. The standard InChI is InChI=1S/C44H26N4.12CH3.4Sn/c1-5-13-29(14-6-1)41-33-21-23-35(45-33)42(30-15-7-2-8-16-30)37-25-27-39(47-37)44(32-19-11-4-12-20-32)40-28-26-38(48-40)43(31-17-9-3-10-18-31)36-24-22-34(41)46-36;;;;;;;;;;;;;;;;/h5-28,45,48H;12*1H3;;;;. The second-order valence-corrected chi connectivity index (χ2v) is 79.8. The van der Waals surface area contributed by atoms with Crippen molar-refractivity contribution in [1.82, 2.24) is 19.9 Å². The summed E-state index contributed by atoms with van der Waals surface area (Å²) in [7, 11) is 0. The first-order valence-corrected chi connectivity index (χ1v) is 62.8. The van der Waals surface area contributed by atoms with Gasteiger partial charge in [0, 0.05) is 0 Å². The summed E-state index contributed by atoms with van der Waals surface area (Å²) in [6, 6.07) is 46.5. The van der Waals surface area contributed by atoms with E-state index in [2.05, 4.69) is 215 Å². The molecule has 0 atom stereocenters. The SMILES string of the molecule is [CH3][Sn]([CH3])([CH3])[c]1ccc(-c2c3nc(c(-c4cc[c]([Sn]([CH3])([CH3])[CH3])cc4)c4ccc([nH]4)c(-c4cc[c]([Sn]([CH3])([CH3])[CH3])cc4)c4nc(c(-c5cc[c]([Sn]([CH3])([CH3])[CH3])cc5)c5ccc2[nH]5)C=C4)C=C3)cc1. The molecule has 0 aliphatic carbocycles. The maximum atomic E-state index is 5.59. The minimum atomic E-state index is -2.32. The Labute approximate surface area is 397 Å². The van der Waals surface area contributed by atoms with Crippen LogP contribution in [0.2, 0.25) is 59.3 Å². The van der Waals surface area contributed by atoms with E-state index >= 15 is 0 Å². The van der Waals surface area contributed by atoms with Gasteiger partial charge in [-0.1, -0.05) is 0 Å². The van der Waals surface area contributed by atoms with Gasteiger partial charge in [0.2, 0.25) is 0 Å². The van der Waals surface area contributed by atoms with Crippen molar-refractivity contribution in [3.63, 3.8) is 0 Å². The molecule has 64 heavy (non-hydrogen) atoms. The Bertz CT molecular complexity index is 2720. The number of H-pyrrole nitrogens is 2. The average molecular weight is 1270 g/mol. The summed E-state index contributed by atoms with van der Waals surface area (Å²) in [5, 5.41) is 0. The number of aromatic nitrogens is 4. The average Bonchev–Trinajstić information content (AvgIpc) is 4.08. The summed E-state index contributed by atoms with van der Waals surface area (Å²) in [6.45, 7) is 0. The molecule has 2 aliphatic rings. The van der Waals surface area contributed by atoms with Gasteiger partial charge >= 0.3 is 402 Å². The second kappa shape index (κ2) is 17.4. The molecule has 0 radical (unpaired) electrons. The molecule has 0 unspecified atom stereocenters. The van der Waals surface area contributed by atoms with E-state index in [0.717, 1.165) is 89.4 Å². The molecule has 0 saturated heterocycles. The van der Waals surface area contributed by atoms with Crippen molar-refractivity contribution < 1.29 is 0 Å². The van der Waals surface area contributed by atoms with Gasteiger partial charge in [-0.3, -0.25) is 0 Å². The third-order valence-electron chi connectivity index (χ3n) is 12.9. The van der Waals surface area contributed by atoms with Crippen LogP contribution in [-0.4, -0.2) is 93.4 Å². The van der Waals surface area contributed by atoms with Crippen LogP contribution in [0.4, 0.5) is 0 Å². The molecule has 2 aliphatic heterocycles. The Morgan fingerprint density at radius 3 is 0.625 bits per heavy atom. The number of hydrogen-bond donors (Lipinski definition) is 2. The van der Waals surface area contributed by atoms with E-state index < -0.39 is 73.5 Å². The monoisotopic (exact) mass is 1270 g/mol. The summed E-state index contributed by atoms with van der Waals surface area (Å²) in [6.07, 6.45) is 8.87. The molecule has 2 N–H and O–H groups in total. The van der Waals surface area contributed by atoms with E-state index in [1.165, 1.54) is 14.3 Å². The van der Waals surface area contributed by atoms with Crippen molar-refractivity contribution in [2.75, 3.05) is 0 Å². The van der Waals surface area contributed by atoms with Crippen molar-refractivity contribution >= 4 is 134 Å². The maximum absolute atomic E-state index is 5.59. The fourth-order valence-corrected chi connectivity index (χ4v) is 22.3. The van der Waals surface area contributed by atoms with Crippen molar-refractivity contribution in [2.24, 2.45) is 0 Å². The van der Waals surface area contributed by atoms with Crippen LogP contribution in [0.1, 0.15) is 22.8 Å². The van der Waals surface area contributed by atoms with Crippen LogP contribution in [-0.2, 0) is 0 Å². The number of aromatic amines is 2. The topological polar surface area (TPSA) is 57.4 Å². The van der Waals surface area contributed by atoms with Gasteiger partial charge in [-0.25, -0.2) is 0 Å². The number of nitrogens with one attached hydrogen (secondary N) is 2. The van der Waals surface area contributed by atoms with Crippen LogP contribution in [0.15, 0.2) is 121 Å². The molecule has 5 heterocycles. The Hall–Kier alpha value is -3.33. The first-order valence-electron chi connectivity index (χ1n) is 22.8. The van der Waals surface area contributed by atoms with E-state index in [-0.39, 0.29) is 0 Å². The van der Waals surface area contributed by atoms with Crippen molar-refractivity contribution in [3.8, 4) is 44.5 Å². The van der Waals surface area contributed by atoms with Gasteiger partial charge in [-0.15, -0.1) is 0 Å². The molecule has 0 amide bonds. The van der Waals surface area contributed by atoms with E-state index in [1.54, 1.807) is 0 Å². The van der Waals surface area contributed by atoms with Gasteiger partial charge in [-0.2, -0.15) is 0 Å². The van der Waals surface area contributed by atoms with Gasteiger partial charge in [0.15, 0.2) is 0 Å². The van der Waals surface area contributed by atoms with Gasteiger partial charge in [0.1, 0.15) is 0 Å². The number of rotatable bonds is 8. The fraction of sp³-hybridized carbons (Fsp3) is 0.214. The number of benzene rings is 4. The number of fused-ring (bicyclic) bond motifs is 8. The molecule has 7 aromatic rings. The van der Waals surface area contributed by atoms with Crippen LogP contribution in [0, 0.1) is 0 Å². The van der Waals surface area contributed by atoms with Gasteiger partial charge in [0.25, 0.3) is 0 Å². The Balaban J connectivity index is 1.42. The molecule has 4 aromatic carbocycles. The molecule has 8 bridgehead atoms. The molecule has 3 aromatic heterocycles. The molecule has 0 fully saturated rings. The summed E-state index contributed by atoms with van der Waals surface area (Å²) in [5.74, 6) is 0. The molecule has 8 heteroatoms. The third kappa shape index (κ3) is 9.32. The van der Waals surface area contributed by atoms with Crippen LogP contribution in [0.3, 0.4) is 0 Å². The van der Waals surface area contributed by atoms with Gasteiger partial charge in [0.05, 0.1) is 0 Å². The van der Waals surface area contributed by atoms with Crippen molar-refractivity contribution in [3.05, 3.63) is 144 Å². The molecule has 4 nitrogen and oxygen atoms in total. The number of hydrogen-bond acceptors (Lipinski definition) is 2. The molecular formula is C56H62N4Sn4. The number of nitrogens with zero attached hydrogens (tertiary/aromatic N) is 2. The normalized spacial score (nSPS) is 13.2. The summed E-state index contributed by atoms with van der Waals surface area (Å²) >= 11 is -9.27. The van der Waals surface area contributed by atoms with E-state index in [9.17, 15) is 0 Å². The Morgan fingerprint density at radius 2 is 0.453 bits per heavy atom. The first-order chi connectivity index (χ1) is 30.2. The summed E-state index contributed by atoms with van der Waals surface area (Å²) < 4.78 is 6.05. The second-order valence-electron chi connectivity index (χ2n) is 21.8. The zero-order valence-electron chi connectivity index (χ0n) is 39.8. The molecule has 322 valence electrons. The van der Waals surface area contributed by atoms with E-state index in [4.69, 9.17) is 9.97 Å². The predicted molar refractivity (Wildman–Crippen MR) is 293 cm³/mol. The molecule has 9 rings (SSSR count). The van der Waals surface area contributed by atoms with Gasteiger partial charge in [-0.05, 0) is 0 Å². The van der Waals surface area contributed by atoms with Crippen LogP contribution in [0.5, 0.6) is 0 Å². The van der Waals surface area contributed by atoms with Crippen LogP contribution in [0.25, 0.3) is 90.9 Å². The van der Waals surface area contributed by atoms with Gasteiger partial charge < -0.3 is 0 Å². The van der Waals surface area contributed by atoms with Crippen LogP contribution < -0.4 is 14.3 Å². The molecular weight excluding hydrogens is 1200 g/mol. The molecule has 0 saturated carbocycles. The third-order valence-corrected chi connectivity index (χ3v) is 36.5. The zero-order chi connectivity index (χ0) is 45.3. The Morgan fingerprint density at radius 1 is 0.266 bits per heavy atom. The van der Waals surface area contributed by atoms with Crippen molar-refractivity contribution in [2.45, 2.75) is 59.3 Å². The van der Waals surface area contributed by atoms with E-state index in [0.29, 0.717) is 0 Å². The minimum absolute atomic E-state index is 0.947. The van der Waals surface area contributed by atoms with Crippen LogP contribution >= 0.6 is 0 Å². The summed E-state index contributed by atoms with van der Waals surface area (Å²) in [5.41, 5.74) is 16.9. The zero-order valence-corrected chi connectivity index (χ0v) is 51.2. The fourth-order valence-electron chi connectivity index (χ4n) is 8.97. The molecule has 0 spiro atoms. The Kier molecular flexibility index (Phi) is 12.5. The van der Waals surface area contributed by atoms with Crippen molar-refractivity contribution in [1.29, 1.82) is 0 Å².